The molecule has 0 radical (unpaired) electrons. The summed E-state index contributed by atoms with van der Waals surface area (Å²) in [5, 5.41) is 3.65. The molecule has 0 atom stereocenters. The van der Waals surface area contributed by atoms with Crippen LogP contribution in [0.25, 0.3) is 10.9 Å². The van der Waals surface area contributed by atoms with Gasteiger partial charge in [-0.1, -0.05) is 35.9 Å². The SMILES string of the molecule is Cc1cc(C)c(NC(=O)COC(=O)c2c3c(nc4ccccc24)CCC3)c(C)c1. The molecule has 1 heterocycles. The van der Waals surface area contributed by atoms with Crippen LogP contribution in [0, 0.1) is 20.8 Å². The minimum absolute atomic E-state index is 0.322. The Morgan fingerprint density at radius 3 is 2.55 bits per heavy atom. The van der Waals surface area contributed by atoms with E-state index in [2.05, 4.69) is 10.3 Å². The maximum atomic E-state index is 12.9. The first-order chi connectivity index (χ1) is 13.9. The molecule has 148 valence electrons. The fraction of sp³-hybridized carbons (Fsp3) is 0.292. The largest absolute Gasteiger partial charge is 0.452 e. The molecule has 0 saturated heterocycles. The smallest absolute Gasteiger partial charge is 0.339 e. The van der Waals surface area contributed by atoms with E-state index in [1.165, 1.54) is 0 Å². The van der Waals surface area contributed by atoms with Gasteiger partial charge >= 0.3 is 5.97 Å². The van der Waals surface area contributed by atoms with Crippen molar-refractivity contribution in [2.75, 3.05) is 11.9 Å². The number of pyridine rings is 1. The number of carbonyl (C=O) groups excluding carboxylic acids is 2. The fourth-order valence-corrected chi connectivity index (χ4v) is 4.20. The van der Waals surface area contributed by atoms with E-state index in [1.54, 1.807) is 0 Å². The quantitative estimate of drug-likeness (QED) is 0.671. The van der Waals surface area contributed by atoms with Crippen LogP contribution in [0.4, 0.5) is 5.69 Å². The topological polar surface area (TPSA) is 68.3 Å². The van der Waals surface area contributed by atoms with Gasteiger partial charge in [0.05, 0.1) is 11.1 Å². The summed E-state index contributed by atoms with van der Waals surface area (Å²) in [6.45, 7) is 5.60. The number of benzene rings is 2. The van der Waals surface area contributed by atoms with Gasteiger partial charge in [-0.3, -0.25) is 9.78 Å². The van der Waals surface area contributed by atoms with Gasteiger partial charge in [-0.15, -0.1) is 0 Å². The number of aromatic nitrogens is 1. The van der Waals surface area contributed by atoms with Crippen LogP contribution < -0.4 is 5.32 Å². The number of aryl methyl sites for hydroxylation is 4. The molecule has 5 heteroatoms. The fourth-order valence-electron chi connectivity index (χ4n) is 4.20. The highest BCUT2D eigenvalue weighted by Crippen LogP contribution is 2.30. The molecule has 0 spiro atoms. The predicted molar refractivity (Wildman–Crippen MR) is 113 cm³/mol. The van der Waals surface area contributed by atoms with Crippen LogP contribution in [-0.4, -0.2) is 23.5 Å². The van der Waals surface area contributed by atoms with Gasteiger partial charge in [0.2, 0.25) is 0 Å². The molecule has 1 aliphatic carbocycles. The average Bonchev–Trinajstić information content (AvgIpc) is 3.14. The zero-order chi connectivity index (χ0) is 20.5. The summed E-state index contributed by atoms with van der Waals surface area (Å²) in [5.41, 5.74) is 7.15. The highest BCUT2D eigenvalue weighted by atomic mass is 16.5. The van der Waals surface area contributed by atoms with Crippen molar-refractivity contribution in [3.63, 3.8) is 0 Å². The van der Waals surface area contributed by atoms with E-state index >= 15 is 0 Å². The molecule has 29 heavy (non-hydrogen) atoms. The molecule has 0 aliphatic heterocycles. The molecule has 1 amide bonds. The van der Waals surface area contributed by atoms with Crippen LogP contribution in [0.2, 0.25) is 0 Å². The lowest BCUT2D eigenvalue weighted by molar-refractivity contribution is -0.119. The molecule has 0 fully saturated rings. The zero-order valence-electron chi connectivity index (χ0n) is 17.0. The number of nitrogens with zero attached hydrogens (tertiary/aromatic N) is 1. The minimum Gasteiger partial charge on any atom is -0.452 e. The molecule has 1 aromatic heterocycles. The Morgan fingerprint density at radius 2 is 1.79 bits per heavy atom. The molecule has 1 aliphatic rings. The minimum atomic E-state index is -0.464. The molecular formula is C24H24N2O3. The van der Waals surface area contributed by atoms with Crippen molar-refractivity contribution in [1.82, 2.24) is 4.98 Å². The normalized spacial score (nSPS) is 12.7. The van der Waals surface area contributed by atoms with E-state index in [4.69, 9.17) is 4.74 Å². The molecule has 0 bridgehead atoms. The predicted octanol–water partition coefficient (Wildman–Crippen LogP) is 4.44. The second-order valence-electron chi connectivity index (χ2n) is 7.68. The van der Waals surface area contributed by atoms with Gasteiger partial charge < -0.3 is 10.1 Å². The number of para-hydroxylation sites is 1. The van der Waals surface area contributed by atoms with Crippen molar-refractivity contribution in [2.24, 2.45) is 0 Å². The lowest BCUT2D eigenvalue weighted by Crippen LogP contribution is -2.22. The number of fused-ring (bicyclic) bond motifs is 2. The number of carbonyl (C=O) groups is 2. The lowest BCUT2D eigenvalue weighted by atomic mass is 10.0. The van der Waals surface area contributed by atoms with Gasteiger partial charge in [-0.25, -0.2) is 4.79 Å². The molecule has 4 rings (SSSR count). The van der Waals surface area contributed by atoms with Crippen molar-refractivity contribution >= 4 is 28.5 Å². The lowest BCUT2D eigenvalue weighted by Gasteiger charge is -2.14. The summed E-state index contributed by atoms with van der Waals surface area (Å²) in [6.07, 6.45) is 2.66. The third-order valence-corrected chi connectivity index (χ3v) is 5.40. The Labute approximate surface area is 170 Å². The summed E-state index contributed by atoms with van der Waals surface area (Å²) in [6, 6.07) is 11.6. The Bertz CT molecular complexity index is 1110. The van der Waals surface area contributed by atoms with Crippen LogP contribution in [-0.2, 0) is 22.4 Å². The summed E-state index contributed by atoms with van der Waals surface area (Å²) in [5.74, 6) is -0.808. The summed E-state index contributed by atoms with van der Waals surface area (Å²) in [4.78, 5) is 30.0. The second-order valence-corrected chi connectivity index (χ2v) is 7.68. The van der Waals surface area contributed by atoms with E-state index in [1.807, 2.05) is 57.2 Å². The van der Waals surface area contributed by atoms with E-state index < -0.39 is 5.97 Å². The van der Waals surface area contributed by atoms with Gasteiger partial charge in [-0.05, 0) is 62.8 Å². The number of hydrogen-bond acceptors (Lipinski definition) is 4. The Kier molecular flexibility index (Phi) is 5.05. The Morgan fingerprint density at radius 1 is 1.07 bits per heavy atom. The van der Waals surface area contributed by atoms with Gasteiger partial charge in [-0.2, -0.15) is 0 Å². The summed E-state index contributed by atoms with van der Waals surface area (Å²) in [7, 11) is 0. The number of rotatable bonds is 4. The van der Waals surface area contributed by atoms with Gasteiger partial charge in [0.25, 0.3) is 5.91 Å². The Balaban J connectivity index is 1.53. The van der Waals surface area contributed by atoms with Crippen molar-refractivity contribution in [2.45, 2.75) is 40.0 Å². The number of amides is 1. The summed E-state index contributed by atoms with van der Waals surface area (Å²) >= 11 is 0. The first-order valence-electron chi connectivity index (χ1n) is 9.89. The number of nitrogens with one attached hydrogen (secondary N) is 1. The number of esters is 1. The van der Waals surface area contributed by atoms with Crippen LogP contribution in [0.15, 0.2) is 36.4 Å². The average molecular weight is 388 g/mol. The maximum Gasteiger partial charge on any atom is 0.339 e. The number of anilines is 1. The van der Waals surface area contributed by atoms with Crippen molar-refractivity contribution in [1.29, 1.82) is 0 Å². The first kappa shape index (κ1) is 19.1. The third-order valence-electron chi connectivity index (χ3n) is 5.40. The van der Waals surface area contributed by atoms with Crippen LogP contribution >= 0.6 is 0 Å². The van der Waals surface area contributed by atoms with Gasteiger partial charge in [0, 0.05) is 16.8 Å². The van der Waals surface area contributed by atoms with Crippen LogP contribution in [0.1, 0.15) is 44.7 Å². The highest BCUT2D eigenvalue weighted by molar-refractivity contribution is 6.06. The zero-order valence-corrected chi connectivity index (χ0v) is 17.0. The number of hydrogen-bond donors (Lipinski definition) is 1. The van der Waals surface area contributed by atoms with Crippen LogP contribution in [0.5, 0.6) is 0 Å². The van der Waals surface area contributed by atoms with Crippen LogP contribution in [0.3, 0.4) is 0 Å². The first-order valence-corrected chi connectivity index (χ1v) is 9.89. The van der Waals surface area contributed by atoms with Gasteiger partial charge in [0.15, 0.2) is 6.61 Å². The maximum absolute atomic E-state index is 12.9. The highest BCUT2D eigenvalue weighted by Gasteiger charge is 2.25. The molecule has 2 aromatic carbocycles. The van der Waals surface area contributed by atoms with Crippen molar-refractivity contribution < 1.29 is 14.3 Å². The van der Waals surface area contributed by atoms with E-state index in [0.717, 1.165) is 63.8 Å². The molecule has 1 N–H and O–H groups in total. The second kappa shape index (κ2) is 7.66. The standard InChI is InChI=1S/C24H24N2O3/c1-14-11-15(2)23(16(3)12-14)26-21(27)13-29-24(28)22-17-7-4-5-9-19(17)25-20-10-6-8-18(20)22/h4-5,7,9,11-12H,6,8,10,13H2,1-3H3,(H,26,27). The number of ether oxygens (including phenoxy) is 1. The molecule has 3 aromatic rings. The molecular weight excluding hydrogens is 364 g/mol. The molecule has 0 saturated carbocycles. The monoisotopic (exact) mass is 388 g/mol. The van der Waals surface area contributed by atoms with Gasteiger partial charge in [0.1, 0.15) is 0 Å². The van der Waals surface area contributed by atoms with E-state index in [9.17, 15) is 9.59 Å². The third kappa shape index (κ3) is 3.73. The molecule has 5 nitrogen and oxygen atoms in total. The molecule has 0 unspecified atom stereocenters. The van der Waals surface area contributed by atoms with Crippen molar-refractivity contribution in [3.8, 4) is 0 Å². The summed E-state index contributed by atoms with van der Waals surface area (Å²) < 4.78 is 5.42. The van der Waals surface area contributed by atoms with E-state index in [0.29, 0.717) is 5.56 Å². The van der Waals surface area contributed by atoms with Crippen molar-refractivity contribution in [3.05, 3.63) is 69.9 Å². The Hall–Kier alpha value is -3.21. The van der Waals surface area contributed by atoms with E-state index in [-0.39, 0.29) is 12.5 Å².